The maximum absolute atomic E-state index is 10.9. The zero-order valence-electron chi connectivity index (χ0n) is 12.4. The third-order valence-corrected chi connectivity index (χ3v) is 3.65. The second-order valence-corrected chi connectivity index (χ2v) is 5.31. The number of hydrogen-bond acceptors (Lipinski definition) is 3. The molecule has 3 aromatic rings. The molecule has 0 fully saturated rings. The van der Waals surface area contributed by atoms with Crippen molar-refractivity contribution in [1.29, 1.82) is 0 Å². The number of fused-ring (bicyclic) bond motifs is 1. The Kier molecular flexibility index (Phi) is 3.92. The van der Waals surface area contributed by atoms with Crippen LogP contribution in [0.3, 0.4) is 0 Å². The van der Waals surface area contributed by atoms with Gasteiger partial charge in [-0.25, -0.2) is 9.78 Å². The molecular formula is C18H17NO3. The van der Waals surface area contributed by atoms with Crippen molar-refractivity contribution >= 4 is 17.1 Å². The number of hydrogen-bond donors (Lipinski definition) is 1. The lowest BCUT2D eigenvalue weighted by molar-refractivity contribution is 0.0697. The van der Waals surface area contributed by atoms with Gasteiger partial charge in [0.05, 0.1) is 5.56 Å². The first-order valence-electron chi connectivity index (χ1n) is 7.40. The molecule has 112 valence electrons. The molecule has 0 radical (unpaired) electrons. The Morgan fingerprint density at radius 1 is 1.18 bits per heavy atom. The molecular weight excluding hydrogens is 278 g/mol. The van der Waals surface area contributed by atoms with Gasteiger partial charge in [-0.1, -0.05) is 19.4 Å². The van der Waals surface area contributed by atoms with Gasteiger partial charge in [0.25, 0.3) is 0 Å². The van der Waals surface area contributed by atoms with Crippen LogP contribution in [0.15, 0.2) is 46.9 Å². The first-order valence-corrected chi connectivity index (χ1v) is 7.40. The second kappa shape index (κ2) is 6.02. The molecule has 1 heterocycles. The van der Waals surface area contributed by atoms with Crippen molar-refractivity contribution < 1.29 is 14.3 Å². The maximum Gasteiger partial charge on any atom is 0.335 e. The number of oxazole rings is 1. The van der Waals surface area contributed by atoms with Gasteiger partial charge in [-0.15, -0.1) is 0 Å². The molecule has 3 rings (SSSR count). The second-order valence-electron chi connectivity index (χ2n) is 5.31. The van der Waals surface area contributed by atoms with Crippen LogP contribution in [0.4, 0.5) is 0 Å². The standard InChI is InChI=1S/C18H17NO3/c1-2-3-4-12-5-10-16-15(11-12)19-17(22-16)13-6-8-14(9-7-13)18(20)21/h5-11H,2-4H2,1H3,(H,20,21). The van der Waals surface area contributed by atoms with Crippen molar-refractivity contribution in [3.8, 4) is 11.5 Å². The number of benzene rings is 2. The minimum atomic E-state index is -0.940. The average Bonchev–Trinajstić information content (AvgIpc) is 2.96. The van der Waals surface area contributed by atoms with E-state index < -0.39 is 5.97 Å². The first-order chi connectivity index (χ1) is 10.7. The van der Waals surface area contributed by atoms with Gasteiger partial charge in [0.15, 0.2) is 5.58 Å². The fourth-order valence-electron chi connectivity index (χ4n) is 2.39. The molecule has 0 amide bonds. The zero-order chi connectivity index (χ0) is 15.5. The van der Waals surface area contributed by atoms with Crippen molar-refractivity contribution in [1.82, 2.24) is 4.98 Å². The fraction of sp³-hybridized carbons (Fsp3) is 0.222. The largest absolute Gasteiger partial charge is 0.478 e. The molecule has 0 aliphatic heterocycles. The Bertz CT molecular complexity index is 803. The summed E-state index contributed by atoms with van der Waals surface area (Å²) in [6.45, 7) is 2.17. The van der Waals surface area contributed by atoms with E-state index in [1.54, 1.807) is 24.3 Å². The highest BCUT2D eigenvalue weighted by molar-refractivity contribution is 5.88. The SMILES string of the molecule is CCCCc1ccc2oc(-c3ccc(C(=O)O)cc3)nc2c1. The molecule has 0 saturated heterocycles. The van der Waals surface area contributed by atoms with E-state index in [2.05, 4.69) is 24.0 Å². The van der Waals surface area contributed by atoms with E-state index >= 15 is 0 Å². The molecule has 0 aliphatic carbocycles. The van der Waals surface area contributed by atoms with Gasteiger partial charge >= 0.3 is 5.97 Å². The van der Waals surface area contributed by atoms with Gasteiger partial charge in [-0.3, -0.25) is 0 Å². The molecule has 4 nitrogen and oxygen atoms in total. The van der Waals surface area contributed by atoms with Crippen LogP contribution in [0.25, 0.3) is 22.6 Å². The van der Waals surface area contributed by atoms with E-state index in [0.717, 1.165) is 35.9 Å². The molecule has 0 spiro atoms. The highest BCUT2D eigenvalue weighted by Crippen LogP contribution is 2.25. The summed E-state index contributed by atoms with van der Waals surface area (Å²) in [6.07, 6.45) is 3.37. The highest BCUT2D eigenvalue weighted by Gasteiger charge is 2.10. The van der Waals surface area contributed by atoms with Gasteiger partial charge in [-0.05, 0) is 54.8 Å². The Balaban J connectivity index is 1.92. The van der Waals surface area contributed by atoms with Crippen molar-refractivity contribution in [2.45, 2.75) is 26.2 Å². The number of aromatic nitrogens is 1. The van der Waals surface area contributed by atoms with Gasteiger partial charge in [0.1, 0.15) is 5.52 Å². The van der Waals surface area contributed by atoms with Crippen LogP contribution in [-0.4, -0.2) is 16.1 Å². The number of aryl methyl sites for hydroxylation is 1. The average molecular weight is 295 g/mol. The van der Waals surface area contributed by atoms with E-state index in [0.29, 0.717) is 5.89 Å². The predicted molar refractivity (Wildman–Crippen MR) is 85.0 cm³/mol. The quantitative estimate of drug-likeness (QED) is 0.750. The normalized spacial score (nSPS) is 11.0. The third-order valence-electron chi connectivity index (χ3n) is 3.65. The first kappa shape index (κ1) is 14.3. The molecule has 0 unspecified atom stereocenters. The third kappa shape index (κ3) is 2.86. The Morgan fingerprint density at radius 3 is 2.64 bits per heavy atom. The molecule has 0 aliphatic rings. The Morgan fingerprint density at radius 2 is 1.95 bits per heavy atom. The van der Waals surface area contributed by atoms with Gasteiger partial charge in [-0.2, -0.15) is 0 Å². The lowest BCUT2D eigenvalue weighted by atomic mass is 10.1. The number of aromatic carboxylic acids is 1. The van der Waals surface area contributed by atoms with Crippen LogP contribution in [0.1, 0.15) is 35.7 Å². The smallest absolute Gasteiger partial charge is 0.335 e. The fourth-order valence-corrected chi connectivity index (χ4v) is 2.39. The van der Waals surface area contributed by atoms with Crippen molar-refractivity contribution in [3.05, 3.63) is 53.6 Å². The number of carboxylic acid groups (broad SMARTS) is 1. The van der Waals surface area contributed by atoms with Gasteiger partial charge in [0.2, 0.25) is 5.89 Å². The number of carboxylic acids is 1. The van der Waals surface area contributed by atoms with Crippen molar-refractivity contribution in [2.75, 3.05) is 0 Å². The molecule has 0 saturated carbocycles. The number of rotatable bonds is 5. The molecule has 1 N–H and O–H groups in total. The van der Waals surface area contributed by atoms with Crippen LogP contribution in [0.5, 0.6) is 0 Å². The minimum Gasteiger partial charge on any atom is -0.478 e. The summed E-state index contributed by atoms with van der Waals surface area (Å²) in [5.41, 5.74) is 3.87. The topological polar surface area (TPSA) is 63.3 Å². The van der Waals surface area contributed by atoms with Crippen LogP contribution in [0.2, 0.25) is 0 Å². The van der Waals surface area contributed by atoms with E-state index in [1.165, 1.54) is 5.56 Å². The minimum absolute atomic E-state index is 0.252. The number of nitrogens with zero attached hydrogens (tertiary/aromatic N) is 1. The lowest BCUT2D eigenvalue weighted by Gasteiger charge is -1.97. The summed E-state index contributed by atoms with van der Waals surface area (Å²) >= 11 is 0. The summed E-state index contributed by atoms with van der Waals surface area (Å²) in [5, 5.41) is 8.92. The van der Waals surface area contributed by atoms with E-state index in [-0.39, 0.29) is 5.56 Å². The summed E-state index contributed by atoms with van der Waals surface area (Å²) in [4.78, 5) is 15.4. The molecule has 22 heavy (non-hydrogen) atoms. The number of unbranched alkanes of at least 4 members (excludes halogenated alkanes) is 1. The Hall–Kier alpha value is -2.62. The summed E-state index contributed by atoms with van der Waals surface area (Å²) in [6, 6.07) is 12.6. The monoisotopic (exact) mass is 295 g/mol. The number of carbonyl (C=O) groups is 1. The summed E-state index contributed by atoms with van der Waals surface area (Å²) < 4.78 is 5.76. The summed E-state index contributed by atoms with van der Waals surface area (Å²) in [5.74, 6) is -0.427. The predicted octanol–water partition coefficient (Wildman–Crippen LogP) is 4.54. The van der Waals surface area contributed by atoms with Crippen LogP contribution in [0, 0.1) is 0 Å². The van der Waals surface area contributed by atoms with Gasteiger partial charge in [0, 0.05) is 5.56 Å². The lowest BCUT2D eigenvalue weighted by Crippen LogP contribution is -1.94. The maximum atomic E-state index is 10.9. The van der Waals surface area contributed by atoms with Crippen molar-refractivity contribution in [2.24, 2.45) is 0 Å². The molecule has 0 bridgehead atoms. The summed E-state index contributed by atoms with van der Waals surface area (Å²) in [7, 11) is 0. The Labute approximate surface area is 128 Å². The van der Waals surface area contributed by atoms with Crippen LogP contribution in [-0.2, 0) is 6.42 Å². The van der Waals surface area contributed by atoms with Crippen LogP contribution < -0.4 is 0 Å². The van der Waals surface area contributed by atoms with E-state index in [9.17, 15) is 4.79 Å². The van der Waals surface area contributed by atoms with E-state index in [1.807, 2.05) is 6.07 Å². The molecule has 1 aromatic heterocycles. The molecule has 4 heteroatoms. The molecule has 0 atom stereocenters. The zero-order valence-corrected chi connectivity index (χ0v) is 12.4. The molecule has 2 aromatic carbocycles. The van der Waals surface area contributed by atoms with Crippen LogP contribution >= 0.6 is 0 Å². The highest BCUT2D eigenvalue weighted by atomic mass is 16.4. The van der Waals surface area contributed by atoms with Gasteiger partial charge < -0.3 is 9.52 Å². The van der Waals surface area contributed by atoms with Crippen molar-refractivity contribution in [3.63, 3.8) is 0 Å². The van der Waals surface area contributed by atoms with E-state index in [4.69, 9.17) is 9.52 Å².